The molecule has 1 aromatic carbocycles. The van der Waals surface area contributed by atoms with Gasteiger partial charge in [0.1, 0.15) is 12.4 Å². The highest BCUT2D eigenvalue weighted by atomic mass is 32.1. The maximum Gasteiger partial charge on any atom is 0.237 e. The Hall–Kier alpha value is -2.15. The quantitative estimate of drug-likeness (QED) is 0.498. The predicted octanol–water partition coefficient (Wildman–Crippen LogP) is 4.29. The van der Waals surface area contributed by atoms with Crippen LogP contribution in [0.1, 0.15) is 42.7 Å². The van der Waals surface area contributed by atoms with E-state index in [1.807, 2.05) is 41.3 Å². The molecule has 2 atom stereocenters. The minimum atomic E-state index is -0.445. The summed E-state index contributed by atoms with van der Waals surface area (Å²) in [6.07, 6.45) is 4.66. The molecule has 31 heavy (non-hydrogen) atoms. The number of nitrogens with zero attached hydrogens (tertiary/aromatic N) is 2. The van der Waals surface area contributed by atoms with Crippen LogP contribution in [0, 0.1) is 0 Å². The summed E-state index contributed by atoms with van der Waals surface area (Å²) in [7, 11) is 0. The number of hydrogen-bond donors (Lipinski definition) is 1. The van der Waals surface area contributed by atoms with Gasteiger partial charge in [-0.2, -0.15) is 0 Å². The van der Waals surface area contributed by atoms with E-state index >= 15 is 0 Å². The third-order valence-electron chi connectivity index (χ3n) is 5.64. The summed E-state index contributed by atoms with van der Waals surface area (Å²) >= 11 is 1.76. The molecule has 0 radical (unpaired) electrons. The van der Waals surface area contributed by atoms with Gasteiger partial charge < -0.3 is 14.7 Å². The number of aliphatic hydroxyl groups excluding tert-OH is 1. The number of ether oxygens (including phenoxy) is 1. The van der Waals surface area contributed by atoms with Crippen LogP contribution in [0.15, 0.2) is 54.4 Å². The van der Waals surface area contributed by atoms with Gasteiger partial charge in [0, 0.05) is 18.0 Å². The van der Waals surface area contributed by atoms with E-state index in [-0.39, 0.29) is 11.9 Å². The van der Waals surface area contributed by atoms with Gasteiger partial charge in [0.25, 0.3) is 0 Å². The van der Waals surface area contributed by atoms with Crippen LogP contribution in [-0.4, -0.2) is 59.7 Å². The normalized spacial score (nSPS) is 16.7. The molecule has 0 aliphatic carbocycles. The highest BCUT2D eigenvalue weighted by Gasteiger charge is 2.33. The highest BCUT2D eigenvalue weighted by Crippen LogP contribution is 2.34. The van der Waals surface area contributed by atoms with Crippen LogP contribution in [0.4, 0.5) is 0 Å². The number of hydrogen-bond acceptors (Lipinski definition) is 5. The van der Waals surface area contributed by atoms with Crippen molar-refractivity contribution in [2.45, 2.75) is 44.8 Å². The monoisotopic (exact) mass is 442 g/mol. The zero-order chi connectivity index (χ0) is 22.1. The van der Waals surface area contributed by atoms with Gasteiger partial charge >= 0.3 is 0 Å². The van der Waals surface area contributed by atoms with Gasteiger partial charge in [0.2, 0.25) is 5.91 Å². The largest absolute Gasteiger partial charge is 0.491 e. The maximum atomic E-state index is 13.4. The molecule has 1 aliphatic heterocycles. The minimum Gasteiger partial charge on any atom is -0.491 e. The number of allylic oxidation sites excluding steroid dienone is 1. The van der Waals surface area contributed by atoms with Gasteiger partial charge in [-0.15, -0.1) is 17.9 Å². The van der Waals surface area contributed by atoms with Crippen LogP contribution < -0.4 is 4.74 Å². The summed E-state index contributed by atoms with van der Waals surface area (Å²) in [5, 5.41) is 12.4. The Balaban J connectivity index is 1.68. The maximum absolute atomic E-state index is 13.4. The molecule has 5 nitrogen and oxygen atoms in total. The van der Waals surface area contributed by atoms with Crippen LogP contribution in [0.2, 0.25) is 0 Å². The lowest BCUT2D eigenvalue weighted by molar-refractivity contribution is -0.136. The molecule has 1 amide bonds. The van der Waals surface area contributed by atoms with Crippen molar-refractivity contribution in [1.82, 2.24) is 9.80 Å². The van der Waals surface area contributed by atoms with Crippen LogP contribution in [0.3, 0.4) is 0 Å². The van der Waals surface area contributed by atoms with Crippen molar-refractivity contribution >= 4 is 17.2 Å². The lowest BCUT2D eigenvalue weighted by Gasteiger charge is -2.37. The van der Waals surface area contributed by atoms with Gasteiger partial charge in [0.15, 0.2) is 0 Å². The van der Waals surface area contributed by atoms with E-state index in [1.54, 1.807) is 11.3 Å². The number of amides is 1. The Morgan fingerprint density at radius 3 is 2.94 bits per heavy atom. The molecule has 2 aromatic rings. The average Bonchev–Trinajstić information content (AvgIpc) is 3.26. The van der Waals surface area contributed by atoms with Gasteiger partial charge in [-0.3, -0.25) is 9.69 Å². The highest BCUT2D eigenvalue weighted by molar-refractivity contribution is 7.10. The number of thiophene rings is 1. The molecule has 0 fully saturated rings. The van der Waals surface area contributed by atoms with Crippen LogP contribution in [0.25, 0.3) is 0 Å². The zero-order valence-corrected chi connectivity index (χ0v) is 19.2. The average molecular weight is 443 g/mol. The fourth-order valence-corrected chi connectivity index (χ4v) is 5.03. The fraction of sp³-hybridized carbons (Fsp3) is 0.480. The van der Waals surface area contributed by atoms with Crippen molar-refractivity contribution < 1.29 is 14.6 Å². The first kappa shape index (κ1) is 23.5. The molecule has 2 unspecified atom stereocenters. The van der Waals surface area contributed by atoms with E-state index in [4.69, 9.17) is 4.74 Å². The predicted molar refractivity (Wildman–Crippen MR) is 127 cm³/mol. The lowest BCUT2D eigenvalue weighted by atomic mass is 10.0. The number of benzene rings is 1. The second-order valence-electron chi connectivity index (χ2n) is 8.03. The standard InChI is InChI=1S/C25H34N2O3S/c1-3-5-9-20(28)17-26(14-4-2)18-25(29)27-15-12-24-22(13-16-31-24)23(27)19-30-21-10-7-6-8-11-21/h3,6-8,10-11,13,16,20,23,28H,1,4-5,9,12,14-15,17-19H2,2H3. The molecular formula is C25H34N2O3S. The van der Waals surface area contributed by atoms with Gasteiger partial charge in [-0.1, -0.05) is 31.2 Å². The third-order valence-corrected chi connectivity index (χ3v) is 6.63. The molecule has 0 spiro atoms. The van der Waals surface area contributed by atoms with Crippen molar-refractivity contribution in [2.24, 2.45) is 0 Å². The summed E-state index contributed by atoms with van der Waals surface area (Å²) in [4.78, 5) is 18.8. The summed E-state index contributed by atoms with van der Waals surface area (Å²) < 4.78 is 6.06. The second kappa shape index (κ2) is 12.0. The topological polar surface area (TPSA) is 53.0 Å². The van der Waals surface area contributed by atoms with Gasteiger partial charge in [0.05, 0.1) is 18.7 Å². The first-order valence-electron chi connectivity index (χ1n) is 11.2. The first-order chi connectivity index (χ1) is 15.1. The van der Waals surface area contributed by atoms with Gasteiger partial charge in [-0.05, 0) is 61.4 Å². The molecule has 3 rings (SSSR count). The molecule has 6 heteroatoms. The number of para-hydroxylation sites is 1. The molecule has 0 bridgehead atoms. The van der Waals surface area contributed by atoms with Crippen molar-refractivity contribution in [3.05, 3.63) is 64.9 Å². The van der Waals surface area contributed by atoms with E-state index < -0.39 is 6.10 Å². The molecule has 1 N–H and O–H groups in total. The van der Waals surface area contributed by atoms with E-state index in [2.05, 4.69) is 29.8 Å². The van der Waals surface area contributed by atoms with Crippen LogP contribution in [0.5, 0.6) is 5.75 Å². The van der Waals surface area contributed by atoms with E-state index in [0.717, 1.165) is 31.6 Å². The van der Waals surface area contributed by atoms with Gasteiger partial charge in [-0.25, -0.2) is 0 Å². The van der Waals surface area contributed by atoms with E-state index in [1.165, 1.54) is 10.4 Å². The number of rotatable bonds is 12. The Labute approximate surface area is 189 Å². The summed E-state index contributed by atoms with van der Waals surface area (Å²) in [5.41, 5.74) is 1.20. The van der Waals surface area contributed by atoms with Crippen molar-refractivity contribution in [1.29, 1.82) is 0 Å². The number of carbonyl (C=O) groups excluding carboxylic acids is 1. The third kappa shape index (κ3) is 6.66. The Bertz CT molecular complexity index is 823. The van der Waals surface area contributed by atoms with E-state index in [9.17, 15) is 9.90 Å². The van der Waals surface area contributed by atoms with Crippen LogP contribution >= 0.6 is 11.3 Å². The van der Waals surface area contributed by atoms with Crippen molar-refractivity contribution in [3.63, 3.8) is 0 Å². The zero-order valence-electron chi connectivity index (χ0n) is 18.4. The Kier molecular flexibility index (Phi) is 9.13. The molecule has 1 aliphatic rings. The molecule has 168 valence electrons. The minimum absolute atomic E-state index is 0.0862. The molecule has 0 saturated carbocycles. The SMILES string of the molecule is C=CCCC(O)CN(CCC)CC(=O)N1CCc2sccc2C1COc1ccccc1. The summed E-state index contributed by atoms with van der Waals surface area (Å²) in [6.45, 7) is 8.59. The lowest BCUT2D eigenvalue weighted by Crippen LogP contribution is -2.47. The number of fused-ring (bicyclic) bond motifs is 1. The van der Waals surface area contributed by atoms with Crippen molar-refractivity contribution in [2.75, 3.05) is 32.8 Å². The summed E-state index contributed by atoms with van der Waals surface area (Å²) in [6, 6.07) is 11.8. The number of aliphatic hydroxyl groups is 1. The Morgan fingerprint density at radius 2 is 2.19 bits per heavy atom. The number of carbonyl (C=O) groups is 1. The first-order valence-corrected chi connectivity index (χ1v) is 12.0. The fourth-order valence-electron chi connectivity index (χ4n) is 4.10. The molecular weight excluding hydrogens is 408 g/mol. The molecule has 2 heterocycles. The van der Waals surface area contributed by atoms with E-state index in [0.29, 0.717) is 32.7 Å². The van der Waals surface area contributed by atoms with Crippen molar-refractivity contribution in [3.8, 4) is 5.75 Å². The summed E-state index contributed by atoms with van der Waals surface area (Å²) in [5.74, 6) is 0.915. The molecule has 0 saturated heterocycles. The Morgan fingerprint density at radius 1 is 1.39 bits per heavy atom. The smallest absolute Gasteiger partial charge is 0.237 e. The second-order valence-corrected chi connectivity index (χ2v) is 9.03. The molecule has 1 aromatic heterocycles. The van der Waals surface area contributed by atoms with Crippen LogP contribution in [-0.2, 0) is 11.2 Å².